The largest absolute Gasteiger partial charge is 0.481 e. The molecule has 0 unspecified atom stereocenters. The zero-order chi connectivity index (χ0) is 15.5. The highest BCUT2D eigenvalue weighted by Gasteiger charge is 2.40. The van der Waals surface area contributed by atoms with Gasteiger partial charge in [-0.15, -0.1) is 0 Å². The van der Waals surface area contributed by atoms with Crippen molar-refractivity contribution in [3.63, 3.8) is 0 Å². The Balaban J connectivity index is 2.24. The van der Waals surface area contributed by atoms with Crippen LogP contribution in [-0.4, -0.2) is 39.5 Å². The number of pyridine rings is 1. The fourth-order valence-electron chi connectivity index (χ4n) is 3.01. The van der Waals surface area contributed by atoms with Crippen molar-refractivity contribution in [1.29, 1.82) is 0 Å². The van der Waals surface area contributed by atoms with Gasteiger partial charge in [-0.25, -0.2) is 9.37 Å². The van der Waals surface area contributed by atoms with Gasteiger partial charge in [0.2, 0.25) is 0 Å². The molecule has 1 amide bonds. The maximum absolute atomic E-state index is 12.9. The van der Waals surface area contributed by atoms with Crippen molar-refractivity contribution in [3.8, 4) is 0 Å². The number of aromatic nitrogens is 1. The lowest BCUT2D eigenvalue weighted by Gasteiger charge is -2.43. The van der Waals surface area contributed by atoms with Gasteiger partial charge in [-0.3, -0.25) is 9.59 Å². The van der Waals surface area contributed by atoms with Gasteiger partial charge in [0.15, 0.2) is 0 Å². The maximum Gasteiger partial charge on any atom is 0.305 e. The molecular weight excluding hydrogens is 275 g/mol. The van der Waals surface area contributed by atoms with E-state index in [-0.39, 0.29) is 18.0 Å². The molecule has 5 nitrogen and oxygen atoms in total. The molecule has 1 heterocycles. The molecule has 6 heteroatoms. The summed E-state index contributed by atoms with van der Waals surface area (Å²) >= 11 is 0. The minimum atomic E-state index is -0.913. The average Bonchev–Trinajstić information content (AvgIpc) is 2.47. The molecule has 0 saturated heterocycles. The molecule has 2 rings (SSSR count). The second kappa shape index (κ2) is 6.20. The monoisotopic (exact) mass is 294 g/mol. The summed E-state index contributed by atoms with van der Waals surface area (Å²) in [4.78, 5) is 28.9. The van der Waals surface area contributed by atoms with Crippen molar-refractivity contribution < 1.29 is 19.1 Å². The lowest BCUT2D eigenvalue weighted by molar-refractivity contribution is -0.140. The van der Waals surface area contributed by atoms with E-state index >= 15 is 0 Å². The minimum absolute atomic E-state index is 0.0730. The van der Waals surface area contributed by atoms with Crippen LogP contribution >= 0.6 is 0 Å². The van der Waals surface area contributed by atoms with Gasteiger partial charge in [0.05, 0.1) is 18.2 Å². The van der Waals surface area contributed by atoms with E-state index in [9.17, 15) is 14.0 Å². The number of amides is 1. The maximum atomic E-state index is 12.9. The Kier molecular flexibility index (Phi) is 4.55. The molecule has 1 N–H and O–H groups in total. The molecule has 1 aliphatic rings. The highest BCUT2D eigenvalue weighted by Crippen LogP contribution is 2.36. The summed E-state index contributed by atoms with van der Waals surface area (Å²) in [7, 11) is 1.61. The van der Waals surface area contributed by atoms with Crippen LogP contribution in [0, 0.1) is 5.82 Å². The number of rotatable bonds is 4. The number of carbonyl (C=O) groups is 2. The van der Waals surface area contributed by atoms with E-state index in [0.29, 0.717) is 12.8 Å². The number of nitrogens with zero attached hydrogens (tertiary/aromatic N) is 2. The number of carboxylic acids is 1. The number of carbonyl (C=O) groups excluding carboxylic acids is 1. The molecule has 21 heavy (non-hydrogen) atoms. The normalized spacial score (nSPS) is 17.2. The minimum Gasteiger partial charge on any atom is -0.481 e. The van der Waals surface area contributed by atoms with Crippen LogP contribution in [0.5, 0.6) is 0 Å². The first kappa shape index (κ1) is 15.4. The second-order valence-electron chi connectivity index (χ2n) is 5.58. The summed E-state index contributed by atoms with van der Waals surface area (Å²) in [5, 5.41) is 9.17. The summed E-state index contributed by atoms with van der Waals surface area (Å²) in [6.07, 6.45) is 5.12. The first-order valence-corrected chi connectivity index (χ1v) is 7.06. The zero-order valence-corrected chi connectivity index (χ0v) is 12.0. The number of carboxylic acid groups (broad SMARTS) is 1. The van der Waals surface area contributed by atoms with Gasteiger partial charge in [-0.1, -0.05) is 19.3 Å². The van der Waals surface area contributed by atoms with Gasteiger partial charge in [0.25, 0.3) is 5.91 Å². The van der Waals surface area contributed by atoms with Crippen LogP contribution in [0.4, 0.5) is 4.39 Å². The summed E-state index contributed by atoms with van der Waals surface area (Å²) in [5.41, 5.74) is -0.536. The summed E-state index contributed by atoms with van der Waals surface area (Å²) in [6, 6.07) is 2.50. The lowest BCUT2D eigenvalue weighted by Crippen LogP contribution is -2.52. The fourth-order valence-corrected chi connectivity index (χ4v) is 3.01. The topological polar surface area (TPSA) is 70.5 Å². The van der Waals surface area contributed by atoms with Crippen molar-refractivity contribution in [3.05, 3.63) is 29.8 Å². The first-order valence-electron chi connectivity index (χ1n) is 7.06. The standard InChI is InChI=1S/C15H19FN2O3/c1-18(14(21)12-6-5-11(16)10-17-12)15(9-13(19)20)7-3-2-4-8-15/h5-6,10H,2-4,7-9H2,1H3,(H,19,20). The molecule has 0 atom stereocenters. The Hall–Kier alpha value is -1.98. The Morgan fingerprint density at radius 2 is 2.00 bits per heavy atom. The van der Waals surface area contributed by atoms with Crippen LogP contribution in [0.3, 0.4) is 0 Å². The third-order valence-corrected chi connectivity index (χ3v) is 4.23. The molecule has 1 fully saturated rings. The predicted molar refractivity (Wildman–Crippen MR) is 74.4 cm³/mol. The highest BCUT2D eigenvalue weighted by molar-refractivity contribution is 5.93. The molecule has 0 radical (unpaired) electrons. The molecule has 1 aromatic heterocycles. The molecule has 0 bridgehead atoms. The van der Waals surface area contributed by atoms with Gasteiger partial charge < -0.3 is 10.0 Å². The van der Waals surface area contributed by atoms with E-state index in [1.54, 1.807) is 7.05 Å². The van der Waals surface area contributed by atoms with Crippen molar-refractivity contribution in [2.45, 2.75) is 44.1 Å². The van der Waals surface area contributed by atoms with Gasteiger partial charge in [0, 0.05) is 7.05 Å². The van der Waals surface area contributed by atoms with E-state index in [4.69, 9.17) is 5.11 Å². The van der Waals surface area contributed by atoms with Crippen molar-refractivity contribution >= 4 is 11.9 Å². The van der Waals surface area contributed by atoms with E-state index in [1.807, 2.05) is 0 Å². The summed E-state index contributed by atoms with van der Waals surface area (Å²) in [5.74, 6) is -1.78. The smallest absolute Gasteiger partial charge is 0.305 e. The quantitative estimate of drug-likeness (QED) is 0.926. The van der Waals surface area contributed by atoms with Crippen molar-refractivity contribution in [1.82, 2.24) is 9.88 Å². The number of hydrogen-bond acceptors (Lipinski definition) is 3. The van der Waals surface area contributed by atoms with Crippen LogP contribution in [0.15, 0.2) is 18.3 Å². The van der Waals surface area contributed by atoms with E-state index < -0.39 is 17.3 Å². The van der Waals surface area contributed by atoms with Crippen LogP contribution < -0.4 is 0 Å². The Morgan fingerprint density at radius 1 is 1.33 bits per heavy atom. The lowest BCUT2D eigenvalue weighted by atomic mass is 9.78. The van der Waals surface area contributed by atoms with Gasteiger partial charge in [0.1, 0.15) is 11.5 Å². The summed E-state index contributed by atoms with van der Waals surface area (Å²) < 4.78 is 12.9. The number of hydrogen-bond donors (Lipinski definition) is 1. The summed E-state index contributed by atoms with van der Waals surface area (Å²) in [6.45, 7) is 0. The highest BCUT2D eigenvalue weighted by atomic mass is 19.1. The molecule has 0 aromatic carbocycles. The van der Waals surface area contributed by atoms with Crippen LogP contribution in [0.25, 0.3) is 0 Å². The Morgan fingerprint density at radius 3 is 2.52 bits per heavy atom. The Labute approximate surface area is 122 Å². The van der Waals surface area contributed by atoms with Gasteiger partial charge in [-0.2, -0.15) is 0 Å². The van der Waals surface area contributed by atoms with E-state index in [2.05, 4.69) is 4.98 Å². The first-order chi connectivity index (χ1) is 9.94. The third-order valence-electron chi connectivity index (χ3n) is 4.23. The van der Waals surface area contributed by atoms with E-state index in [1.165, 1.54) is 17.0 Å². The molecule has 114 valence electrons. The molecule has 1 aromatic rings. The number of halogens is 1. The third kappa shape index (κ3) is 3.37. The molecule has 1 aliphatic carbocycles. The van der Waals surface area contributed by atoms with Crippen molar-refractivity contribution in [2.24, 2.45) is 0 Å². The van der Waals surface area contributed by atoms with Gasteiger partial charge in [-0.05, 0) is 25.0 Å². The average molecular weight is 294 g/mol. The van der Waals surface area contributed by atoms with E-state index in [0.717, 1.165) is 25.5 Å². The molecular formula is C15H19FN2O3. The van der Waals surface area contributed by atoms with Crippen LogP contribution in [-0.2, 0) is 4.79 Å². The second-order valence-corrected chi connectivity index (χ2v) is 5.58. The Bertz CT molecular complexity index is 524. The predicted octanol–water partition coefficient (Wildman–Crippen LogP) is 2.47. The number of aliphatic carboxylic acids is 1. The fraction of sp³-hybridized carbons (Fsp3) is 0.533. The molecule has 0 aliphatic heterocycles. The molecule has 1 saturated carbocycles. The van der Waals surface area contributed by atoms with Crippen LogP contribution in [0.2, 0.25) is 0 Å². The SMILES string of the molecule is CN(C(=O)c1ccc(F)cn1)C1(CC(=O)O)CCCCC1. The zero-order valence-electron chi connectivity index (χ0n) is 12.0. The van der Waals surface area contributed by atoms with Gasteiger partial charge >= 0.3 is 5.97 Å². The molecule has 0 spiro atoms. The van der Waals surface area contributed by atoms with Crippen LogP contribution in [0.1, 0.15) is 49.0 Å². The van der Waals surface area contributed by atoms with Crippen molar-refractivity contribution in [2.75, 3.05) is 7.05 Å².